The highest BCUT2D eigenvalue weighted by atomic mass is 79.9. The minimum atomic E-state index is -5.19. The molecule has 1 aromatic carbocycles. The van der Waals surface area contributed by atoms with Crippen LogP contribution in [0.2, 0.25) is 0 Å². The van der Waals surface area contributed by atoms with E-state index in [-0.39, 0.29) is 11.5 Å². The lowest BCUT2D eigenvalue weighted by atomic mass is 9.67. The van der Waals surface area contributed by atoms with Crippen LogP contribution in [-0.2, 0) is 19.1 Å². The molecule has 1 aliphatic heterocycles. The van der Waals surface area contributed by atoms with Crippen LogP contribution in [0.15, 0.2) is 28.7 Å². The Hall–Kier alpha value is -1.45. The summed E-state index contributed by atoms with van der Waals surface area (Å²) in [6, 6.07) is 7.37. The summed E-state index contributed by atoms with van der Waals surface area (Å²) in [5.41, 5.74) is 0.626. The van der Waals surface area contributed by atoms with Crippen LogP contribution in [0, 0.1) is 5.92 Å². The van der Waals surface area contributed by atoms with Gasteiger partial charge in [-0.1, -0.05) is 28.1 Å². The molecular formula is C20H23BrF3NO4. The van der Waals surface area contributed by atoms with Crippen molar-refractivity contribution in [1.29, 1.82) is 0 Å². The predicted octanol–water partition coefficient (Wildman–Crippen LogP) is 4.06. The van der Waals surface area contributed by atoms with Gasteiger partial charge in [-0.2, -0.15) is 13.2 Å². The Balaban J connectivity index is 1.84. The molecule has 1 heterocycles. The molecule has 1 saturated heterocycles. The average Bonchev–Trinajstić information content (AvgIpc) is 2.68. The van der Waals surface area contributed by atoms with E-state index in [4.69, 9.17) is 4.74 Å². The van der Waals surface area contributed by atoms with Crippen LogP contribution in [0.1, 0.15) is 37.7 Å². The SMILES string of the molecule is CC1(N2CCOCC2)CC[C@@H](C(=O)OC(=O)C(F)(F)F)[C@H](c2ccc(Br)cc2)C1. The van der Waals surface area contributed by atoms with Gasteiger partial charge in [0.05, 0.1) is 19.1 Å². The number of halogens is 4. The molecule has 5 nitrogen and oxygen atoms in total. The third kappa shape index (κ3) is 5.19. The molecule has 0 amide bonds. The first kappa shape index (κ1) is 22.2. The Morgan fingerprint density at radius 3 is 2.41 bits per heavy atom. The second-order valence-corrected chi connectivity index (χ2v) is 8.73. The van der Waals surface area contributed by atoms with Gasteiger partial charge in [0.2, 0.25) is 0 Å². The van der Waals surface area contributed by atoms with Crippen molar-refractivity contribution in [3.63, 3.8) is 0 Å². The van der Waals surface area contributed by atoms with Crippen LogP contribution in [0.3, 0.4) is 0 Å². The van der Waals surface area contributed by atoms with Gasteiger partial charge in [0.25, 0.3) is 0 Å². The Bertz CT molecular complexity index is 749. The van der Waals surface area contributed by atoms with Crippen LogP contribution < -0.4 is 0 Å². The van der Waals surface area contributed by atoms with E-state index in [1.807, 2.05) is 24.3 Å². The molecule has 2 aliphatic rings. The Labute approximate surface area is 175 Å². The van der Waals surface area contributed by atoms with Crippen molar-refractivity contribution >= 4 is 27.9 Å². The summed E-state index contributed by atoms with van der Waals surface area (Å²) < 4.78 is 48.2. The summed E-state index contributed by atoms with van der Waals surface area (Å²) in [6.45, 7) is 4.91. The predicted molar refractivity (Wildman–Crippen MR) is 102 cm³/mol. The number of esters is 2. The van der Waals surface area contributed by atoms with Crippen LogP contribution in [0.5, 0.6) is 0 Å². The molecule has 0 radical (unpaired) electrons. The number of alkyl halides is 3. The maximum atomic E-state index is 12.6. The van der Waals surface area contributed by atoms with Crippen molar-refractivity contribution in [2.75, 3.05) is 26.3 Å². The minimum absolute atomic E-state index is 0.216. The van der Waals surface area contributed by atoms with Crippen LogP contribution in [0.25, 0.3) is 0 Å². The van der Waals surface area contributed by atoms with Gasteiger partial charge in [0.15, 0.2) is 0 Å². The Morgan fingerprint density at radius 1 is 1.21 bits per heavy atom. The van der Waals surface area contributed by atoms with Crippen LogP contribution in [0.4, 0.5) is 13.2 Å². The molecule has 1 saturated carbocycles. The van der Waals surface area contributed by atoms with E-state index in [0.717, 1.165) is 23.1 Å². The first-order chi connectivity index (χ1) is 13.6. The maximum Gasteiger partial charge on any atom is 0.491 e. The molecule has 2 fully saturated rings. The second kappa shape index (κ2) is 8.73. The van der Waals surface area contributed by atoms with E-state index < -0.39 is 24.0 Å². The summed E-state index contributed by atoms with van der Waals surface area (Å²) >= 11 is 3.37. The van der Waals surface area contributed by atoms with Gasteiger partial charge in [-0.15, -0.1) is 0 Å². The van der Waals surface area contributed by atoms with E-state index in [2.05, 4.69) is 32.5 Å². The summed E-state index contributed by atoms with van der Waals surface area (Å²) in [6.07, 6.45) is -3.65. The molecule has 3 atom stereocenters. The number of carbonyl (C=O) groups excluding carboxylic acids is 2. The number of benzene rings is 1. The molecule has 9 heteroatoms. The van der Waals surface area contributed by atoms with E-state index in [0.29, 0.717) is 32.5 Å². The molecule has 0 N–H and O–H groups in total. The van der Waals surface area contributed by atoms with E-state index in [1.54, 1.807) is 0 Å². The molecule has 1 unspecified atom stereocenters. The fraction of sp³-hybridized carbons (Fsp3) is 0.600. The largest absolute Gasteiger partial charge is 0.491 e. The van der Waals surface area contributed by atoms with Gasteiger partial charge in [-0.05, 0) is 49.8 Å². The smallest absolute Gasteiger partial charge is 0.386 e. The molecule has 0 aromatic heterocycles. The number of carbonyl (C=O) groups is 2. The molecule has 0 bridgehead atoms. The van der Waals surface area contributed by atoms with Gasteiger partial charge < -0.3 is 9.47 Å². The summed E-state index contributed by atoms with van der Waals surface area (Å²) in [5.74, 6) is -4.72. The number of rotatable bonds is 3. The quantitative estimate of drug-likeness (QED) is 0.485. The number of hydrogen-bond acceptors (Lipinski definition) is 5. The third-order valence-electron chi connectivity index (χ3n) is 5.94. The topological polar surface area (TPSA) is 55.8 Å². The van der Waals surface area contributed by atoms with Crippen molar-refractivity contribution in [1.82, 2.24) is 4.90 Å². The fourth-order valence-corrected chi connectivity index (χ4v) is 4.61. The summed E-state index contributed by atoms with van der Waals surface area (Å²) in [5, 5.41) is 0. The van der Waals surface area contributed by atoms with Gasteiger partial charge in [0, 0.05) is 23.1 Å². The number of nitrogens with zero attached hydrogens (tertiary/aromatic N) is 1. The number of ether oxygens (including phenoxy) is 2. The van der Waals surface area contributed by atoms with E-state index in [9.17, 15) is 22.8 Å². The van der Waals surface area contributed by atoms with Crippen LogP contribution >= 0.6 is 15.9 Å². The van der Waals surface area contributed by atoms with E-state index in [1.165, 1.54) is 0 Å². The standard InChI is InChI=1S/C20H23BrF3NO4/c1-19(25-8-10-28-11-9-25)7-6-15(17(26)29-18(27)20(22,23)24)16(12-19)13-2-4-14(21)5-3-13/h2-5,15-16H,6-12H2,1H3/t15-,16+,19?/m1/s1. The molecule has 160 valence electrons. The zero-order chi connectivity index (χ0) is 21.2. The molecule has 3 rings (SSSR count). The first-order valence-corrected chi connectivity index (χ1v) is 10.3. The minimum Gasteiger partial charge on any atom is -0.386 e. The molecular weight excluding hydrogens is 455 g/mol. The molecule has 1 aromatic rings. The zero-order valence-corrected chi connectivity index (χ0v) is 17.6. The van der Waals surface area contributed by atoms with Crippen molar-refractivity contribution in [2.24, 2.45) is 5.92 Å². The van der Waals surface area contributed by atoms with Crippen molar-refractivity contribution in [3.8, 4) is 0 Å². The lowest BCUT2D eigenvalue weighted by Crippen LogP contribution is -2.55. The van der Waals surface area contributed by atoms with Gasteiger partial charge >= 0.3 is 18.1 Å². The monoisotopic (exact) mass is 477 g/mol. The Morgan fingerprint density at radius 2 is 1.83 bits per heavy atom. The molecule has 1 aliphatic carbocycles. The van der Waals surface area contributed by atoms with Crippen molar-refractivity contribution < 1.29 is 32.2 Å². The normalized spacial score (nSPS) is 28.7. The maximum absolute atomic E-state index is 12.6. The lowest BCUT2D eigenvalue weighted by molar-refractivity contribution is -0.203. The second-order valence-electron chi connectivity index (χ2n) is 7.81. The fourth-order valence-electron chi connectivity index (χ4n) is 4.34. The highest BCUT2D eigenvalue weighted by Crippen LogP contribution is 2.46. The summed E-state index contributed by atoms with van der Waals surface area (Å²) in [7, 11) is 0. The van der Waals surface area contributed by atoms with Crippen molar-refractivity contribution in [3.05, 3.63) is 34.3 Å². The van der Waals surface area contributed by atoms with Crippen LogP contribution in [-0.4, -0.2) is 54.9 Å². The highest BCUT2D eigenvalue weighted by Gasteiger charge is 2.48. The Kier molecular flexibility index (Phi) is 6.70. The van der Waals surface area contributed by atoms with E-state index >= 15 is 0 Å². The lowest BCUT2D eigenvalue weighted by Gasteiger charge is -2.49. The zero-order valence-electron chi connectivity index (χ0n) is 16.0. The third-order valence-corrected chi connectivity index (χ3v) is 6.47. The highest BCUT2D eigenvalue weighted by molar-refractivity contribution is 9.10. The van der Waals surface area contributed by atoms with Gasteiger partial charge in [-0.3, -0.25) is 9.69 Å². The first-order valence-electron chi connectivity index (χ1n) is 9.51. The molecule has 29 heavy (non-hydrogen) atoms. The number of hydrogen-bond donors (Lipinski definition) is 0. The van der Waals surface area contributed by atoms with Crippen molar-refractivity contribution in [2.45, 2.75) is 43.8 Å². The average molecular weight is 478 g/mol. The summed E-state index contributed by atoms with van der Waals surface area (Å²) in [4.78, 5) is 26.0. The number of morpholine rings is 1. The van der Waals surface area contributed by atoms with Gasteiger partial charge in [-0.25, -0.2) is 4.79 Å². The molecule has 0 spiro atoms. The van der Waals surface area contributed by atoms with Gasteiger partial charge in [0.1, 0.15) is 0 Å².